The Hall–Kier alpha value is -1.73. The Balaban J connectivity index is 2.31. The highest BCUT2D eigenvalue weighted by Crippen LogP contribution is 2.22. The van der Waals surface area contributed by atoms with Crippen LogP contribution in [0.5, 0.6) is 0 Å². The van der Waals surface area contributed by atoms with Crippen molar-refractivity contribution in [2.75, 3.05) is 13.7 Å². The molecule has 92 valence electrons. The van der Waals surface area contributed by atoms with Crippen molar-refractivity contribution in [3.8, 4) is 11.5 Å². The van der Waals surface area contributed by atoms with Gasteiger partial charge in [0.1, 0.15) is 5.54 Å². The van der Waals surface area contributed by atoms with Gasteiger partial charge in [-0.25, -0.2) is 0 Å². The summed E-state index contributed by atoms with van der Waals surface area (Å²) < 4.78 is 10.2. The molecule has 1 atom stereocenters. The van der Waals surface area contributed by atoms with E-state index in [-0.39, 0.29) is 0 Å². The lowest BCUT2D eigenvalue weighted by Crippen LogP contribution is -2.38. The zero-order chi connectivity index (χ0) is 12.5. The predicted octanol–water partition coefficient (Wildman–Crippen LogP) is 0.588. The number of aromatic nitrogens is 4. The lowest BCUT2D eigenvalue weighted by molar-refractivity contribution is 0.135. The number of rotatable bonds is 4. The van der Waals surface area contributed by atoms with E-state index < -0.39 is 5.54 Å². The Kier molecular flexibility index (Phi) is 2.95. The molecule has 2 rings (SSSR count). The molecule has 0 saturated carbocycles. The Morgan fingerprint density at radius 1 is 1.59 bits per heavy atom. The van der Waals surface area contributed by atoms with Gasteiger partial charge in [0, 0.05) is 12.8 Å². The van der Waals surface area contributed by atoms with Crippen LogP contribution in [0.15, 0.2) is 10.7 Å². The minimum Gasteiger partial charge on any atom is -0.382 e. The van der Waals surface area contributed by atoms with Crippen LogP contribution in [-0.4, -0.2) is 34.1 Å². The molecule has 2 heterocycles. The van der Waals surface area contributed by atoms with E-state index in [9.17, 15) is 0 Å². The van der Waals surface area contributed by atoms with Crippen LogP contribution in [-0.2, 0) is 10.3 Å². The van der Waals surface area contributed by atoms with Crippen LogP contribution in [0, 0.1) is 6.92 Å². The first-order valence-corrected chi connectivity index (χ1v) is 5.17. The fraction of sp³-hybridized carbons (Fsp3) is 0.500. The molecule has 7 nitrogen and oxygen atoms in total. The number of aryl methyl sites for hydroxylation is 1. The van der Waals surface area contributed by atoms with E-state index in [0.717, 1.165) is 11.3 Å². The maximum atomic E-state index is 6.02. The molecule has 0 radical (unpaired) electrons. The van der Waals surface area contributed by atoms with E-state index >= 15 is 0 Å². The third-order valence-electron chi connectivity index (χ3n) is 2.44. The summed E-state index contributed by atoms with van der Waals surface area (Å²) in [6, 6.07) is 0. The monoisotopic (exact) mass is 237 g/mol. The lowest BCUT2D eigenvalue weighted by atomic mass is 10.1. The topological polar surface area (TPSA) is 103 Å². The maximum absolute atomic E-state index is 6.02. The molecule has 0 spiro atoms. The fourth-order valence-electron chi connectivity index (χ4n) is 1.50. The van der Waals surface area contributed by atoms with E-state index in [2.05, 4.69) is 20.3 Å². The molecule has 0 aliphatic carbocycles. The van der Waals surface area contributed by atoms with Crippen LogP contribution in [0.4, 0.5) is 0 Å². The number of nitrogens with zero attached hydrogens (tertiary/aromatic N) is 3. The number of nitrogens with two attached hydrogens (primary N) is 1. The second-order valence-corrected chi connectivity index (χ2v) is 4.18. The molecule has 2 aromatic heterocycles. The van der Waals surface area contributed by atoms with E-state index in [0.29, 0.717) is 18.3 Å². The summed E-state index contributed by atoms with van der Waals surface area (Å²) in [6.07, 6.45) is 1.64. The molecule has 0 aliphatic rings. The number of aromatic amines is 1. The highest BCUT2D eigenvalue weighted by atomic mass is 16.5. The normalized spacial score (nSPS) is 14.8. The van der Waals surface area contributed by atoms with Crippen LogP contribution >= 0.6 is 0 Å². The average Bonchev–Trinajstić information content (AvgIpc) is 2.85. The van der Waals surface area contributed by atoms with Crippen molar-refractivity contribution in [2.24, 2.45) is 5.73 Å². The summed E-state index contributed by atoms with van der Waals surface area (Å²) in [5, 5.41) is 10.6. The predicted molar refractivity (Wildman–Crippen MR) is 60.0 cm³/mol. The molecule has 1 unspecified atom stereocenters. The number of hydrogen-bond acceptors (Lipinski definition) is 6. The first kappa shape index (κ1) is 11.7. The van der Waals surface area contributed by atoms with Crippen molar-refractivity contribution in [3.05, 3.63) is 17.7 Å². The first-order chi connectivity index (χ1) is 8.04. The molecule has 0 bridgehead atoms. The SMILES string of the molecule is COCC(C)(N)c1noc(-c2cn[nH]c2C)n1. The Morgan fingerprint density at radius 2 is 2.35 bits per heavy atom. The first-order valence-electron chi connectivity index (χ1n) is 5.17. The van der Waals surface area contributed by atoms with Gasteiger partial charge in [-0.15, -0.1) is 0 Å². The second-order valence-electron chi connectivity index (χ2n) is 4.18. The van der Waals surface area contributed by atoms with Gasteiger partial charge in [0.2, 0.25) is 0 Å². The Labute approximate surface area is 98.3 Å². The fourth-order valence-corrected chi connectivity index (χ4v) is 1.50. The summed E-state index contributed by atoms with van der Waals surface area (Å²) in [6.45, 7) is 3.98. The van der Waals surface area contributed by atoms with Crippen LogP contribution in [0.3, 0.4) is 0 Å². The second kappa shape index (κ2) is 4.27. The standard InChI is InChI=1S/C10H15N5O2/c1-6-7(4-12-14-6)8-13-9(15-17-8)10(2,11)5-16-3/h4H,5,11H2,1-3H3,(H,12,14). The van der Waals surface area contributed by atoms with Gasteiger partial charge in [-0.05, 0) is 13.8 Å². The molecule has 0 aromatic carbocycles. The quantitative estimate of drug-likeness (QED) is 0.806. The molecule has 7 heteroatoms. The summed E-state index contributed by atoms with van der Waals surface area (Å²) in [7, 11) is 1.58. The summed E-state index contributed by atoms with van der Waals surface area (Å²) >= 11 is 0. The van der Waals surface area contributed by atoms with Gasteiger partial charge < -0.3 is 15.0 Å². The van der Waals surface area contributed by atoms with Gasteiger partial charge >= 0.3 is 0 Å². The minimum absolute atomic E-state index is 0.316. The summed E-state index contributed by atoms with van der Waals surface area (Å²) in [5.41, 5.74) is 6.89. The van der Waals surface area contributed by atoms with Gasteiger partial charge in [0.05, 0.1) is 18.4 Å². The Morgan fingerprint density at radius 3 is 2.94 bits per heavy atom. The molecule has 3 N–H and O–H groups in total. The van der Waals surface area contributed by atoms with Crippen molar-refractivity contribution in [1.82, 2.24) is 20.3 Å². The van der Waals surface area contributed by atoms with Crippen molar-refractivity contribution in [3.63, 3.8) is 0 Å². The third-order valence-corrected chi connectivity index (χ3v) is 2.44. The Bertz CT molecular complexity index is 502. The van der Waals surface area contributed by atoms with E-state index in [4.69, 9.17) is 15.0 Å². The number of nitrogens with one attached hydrogen (secondary N) is 1. The minimum atomic E-state index is -0.770. The zero-order valence-electron chi connectivity index (χ0n) is 10.0. The molecule has 0 amide bonds. The molecule has 2 aromatic rings. The van der Waals surface area contributed by atoms with Crippen LogP contribution in [0.2, 0.25) is 0 Å². The highest BCUT2D eigenvalue weighted by Gasteiger charge is 2.28. The van der Waals surface area contributed by atoms with E-state index in [1.54, 1.807) is 20.2 Å². The van der Waals surface area contributed by atoms with Crippen LogP contribution in [0.1, 0.15) is 18.4 Å². The highest BCUT2D eigenvalue weighted by molar-refractivity contribution is 5.54. The summed E-state index contributed by atoms with van der Waals surface area (Å²) in [5.74, 6) is 0.814. The summed E-state index contributed by atoms with van der Waals surface area (Å²) in [4.78, 5) is 4.26. The van der Waals surface area contributed by atoms with E-state index in [1.165, 1.54) is 0 Å². The smallest absolute Gasteiger partial charge is 0.261 e. The molecule has 17 heavy (non-hydrogen) atoms. The van der Waals surface area contributed by atoms with Crippen molar-refractivity contribution in [2.45, 2.75) is 19.4 Å². The largest absolute Gasteiger partial charge is 0.382 e. The zero-order valence-corrected chi connectivity index (χ0v) is 10.0. The van der Waals surface area contributed by atoms with Gasteiger partial charge in [-0.3, -0.25) is 5.10 Å². The van der Waals surface area contributed by atoms with Gasteiger partial charge in [-0.2, -0.15) is 10.1 Å². The molecule has 0 aliphatic heterocycles. The number of ether oxygens (including phenoxy) is 1. The van der Waals surface area contributed by atoms with Gasteiger partial charge in [0.25, 0.3) is 5.89 Å². The molecule has 0 saturated heterocycles. The van der Waals surface area contributed by atoms with Crippen molar-refractivity contribution < 1.29 is 9.26 Å². The lowest BCUT2D eigenvalue weighted by Gasteiger charge is -2.18. The number of methoxy groups -OCH3 is 1. The maximum Gasteiger partial charge on any atom is 0.261 e. The molecular formula is C10H15N5O2. The number of H-pyrrole nitrogens is 1. The molecule has 0 fully saturated rings. The van der Waals surface area contributed by atoms with Crippen LogP contribution < -0.4 is 5.73 Å². The van der Waals surface area contributed by atoms with Gasteiger partial charge in [0.15, 0.2) is 5.82 Å². The average molecular weight is 237 g/mol. The number of hydrogen-bond donors (Lipinski definition) is 2. The van der Waals surface area contributed by atoms with Crippen molar-refractivity contribution >= 4 is 0 Å². The van der Waals surface area contributed by atoms with E-state index in [1.807, 2.05) is 6.92 Å². The van der Waals surface area contributed by atoms with Gasteiger partial charge in [-0.1, -0.05) is 5.16 Å². The third kappa shape index (κ3) is 2.20. The van der Waals surface area contributed by atoms with Crippen LogP contribution in [0.25, 0.3) is 11.5 Å². The van der Waals surface area contributed by atoms with Crippen molar-refractivity contribution in [1.29, 1.82) is 0 Å². The molecular weight excluding hydrogens is 222 g/mol.